The van der Waals surface area contributed by atoms with Crippen LogP contribution in [0.1, 0.15) is 24.1 Å². The minimum Gasteiger partial charge on any atom is -0.310 e. The van der Waals surface area contributed by atoms with Gasteiger partial charge in [-0.25, -0.2) is 0 Å². The van der Waals surface area contributed by atoms with E-state index in [-0.39, 0.29) is 0 Å². The van der Waals surface area contributed by atoms with Crippen LogP contribution in [0.25, 0.3) is 0 Å². The molecule has 13 heavy (non-hydrogen) atoms. The maximum absolute atomic E-state index is 3.53. The highest BCUT2D eigenvalue weighted by molar-refractivity contribution is 9.13. The Labute approximate surface area is 95.2 Å². The largest absolute Gasteiger partial charge is 0.310 e. The monoisotopic (exact) mass is 303 g/mol. The standard InChI is InChI=1S/C10H11Br2N/c1-6-8-5-10(12)9(11)4-7(8)2-3-13-6/h4-6,13H,2-3H2,1H3. The Morgan fingerprint density at radius 1 is 1.31 bits per heavy atom. The molecular formula is C10H11Br2N. The van der Waals surface area contributed by atoms with Gasteiger partial charge in [0.25, 0.3) is 0 Å². The number of benzene rings is 1. The van der Waals surface area contributed by atoms with E-state index >= 15 is 0 Å². The zero-order chi connectivity index (χ0) is 9.42. The summed E-state index contributed by atoms with van der Waals surface area (Å²) in [4.78, 5) is 0. The number of hydrogen-bond acceptors (Lipinski definition) is 1. The third-order valence-electron chi connectivity index (χ3n) is 2.49. The Morgan fingerprint density at radius 2 is 2.00 bits per heavy atom. The summed E-state index contributed by atoms with van der Waals surface area (Å²) in [5.41, 5.74) is 2.88. The van der Waals surface area contributed by atoms with E-state index in [2.05, 4.69) is 56.2 Å². The molecule has 0 aliphatic carbocycles. The van der Waals surface area contributed by atoms with Crippen LogP contribution in [-0.4, -0.2) is 6.54 Å². The molecule has 0 aromatic heterocycles. The summed E-state index contributed by atoms with van der Waals surface area (Å²) in [6, 6.07) is 4.90. The van der Waals surface area contributed by atoms with Gasteiger partial charge in [-0.3, -0.25) is 0 Å². The third kappa shape index (κ3) is 1.83. The van der Waals surface area contributed by atoms with Crippen LogP contribution >= 0.6 is 31.9 Å². The van der Waals surface area contributed by atoms with Gasteiger partial charge in [0.15, 0.2) is 0 Å². The molecule has 0 saturated carbocycles. The molecule has 1 atom stereocenters. The Balaban J connectivity index is 2.52. The lowest BCUT2D eigenvalue weighted by Crippen LogP contribution is -2.27. The molecule has 0 bridgehead atoms. The summed E-state index contributed by atoms with van der Waals surface area (Å²) in [7, 11) is 0. The minimum absolute atomic E-state index is 0.480. The van der Waals surface area contributed by atoms with Crippen molar-refractivity contribution in [3.8, 4) is 0 Å². The van der Waals surface area contributed by atoms with Crippen LogP contribution in [0.3, 0.4) is 0 Å². The minimum atomic E-state index is 0.480. The molecule has 0 fully saturated rings. The molecule has 1 nitrogen and oxygen atoms in total. The van der Waals surface area contributed by atoms with Crippen molar-refractivity contribution >= 4 is 31.9 Å². The average Bonchev–Trinajstić information content (AvgIpc) is 2.09. The van der Waals surface area contributed by atoms with Crippen LogP contribution in [0, 0.1) is 0 Å². The highest BCUT2D eigenvalue weighted by Crippen LogP contribution is 2.31. The third-order valence-corrected chi connectivity index (χ3v) is 4.34. The first-order chi connectivity index (χ1) is 6.18. The quantitative estimate of drug-likeness (QED) is 0.774. The number of fused-ring (bicyclic) bond motifs is 1. The molecule has 70 valence electrons. The molecular weight excluding hydrogens is 294 g/mol. The van der Waals surface area contributed by atoms with E-state index < -0.39 is 0 Å². The van der Waals surface area contributed by atoms with Gasteiger partial charge in [0, 0.05) is 15.0 Å². The summed E-state index contributed by atoms with van der Waals surface area (Å²) in [6.45, 7) is 3.29. The molecule has 1 heterocycles. The maximum atomic E-state index is 3.53. The van der Waals surface area contributed by atoms with Gasteiger partial charge in [-0.05, 0) is 75.0 Å². The second kappa shape index (κ2) is 3.71. The highest BCUT2D eigenvalue weighted by Gasteiger charge is 2.16. The zero-order valence-electron chi connectivity index (χ0n) is 7.40. The Hall–Kier alpha value is 0.140. The van der Waals surface area contributed by atoms with Crippen molar-refractivity contribution < 1.29 is 0 Å². The van der Waals surface area contributed by atoms with Crippen molar-refractivity contribution in [2.75, 3.05) is 6.54 Å². The fourth-order valence-corrected chi connectivity index (χ4v) is 2.51. The molecule has 0 spiro atoms. The lowest BCUT2D eigenvalue weighted by molar-refractivity contribution is 0.540. The molecule has 1 aliphatic heterocycles. The SMILES string of the molecule is CC1NCCc2cc(Br)c(Br)cc21. The van der Waals surface area contributed by atoms with E-state index in [0.717, 1.165) is 21.9 Å². The molecule has 0 saturated heterocycles. The predicted molar refractivity (Wildman–Crippen MR) is 62.0 cm³/mol. The van der Waals surface area contributed by atoms with Crippen molar-refractivity contribution in [3.05, 3.63) is 32.2 Å². The van der Waals surface area contributed by atoms with Gasteiger partial charge in [0.2, 0.25) is 0 Å². The van der Waals surface area contributed by atoms with Crippen LogP contribution < -0.4 is 5.32 Å². The van der Waals surface area contributed by atoms with Crippen LogP contribution in [-0.2, 0) is 6.42 Å². The van der Waals surface area contributed by atoms with Gasteiger partial charge < -0.3 is 5.32 Å². The van der Waals surface area contributed by atoms with Crippen LogP contribution in [0.2, 0.25) is 0 Å². The molecule has 1 aromatic carbocycles. The van der Waals surface area contributed by atoms with Crippen molar-refractivity contribution in [1.82, 2.24) is 5.32 Å². The number of hydrogen-bond donors (Lipinski definition) is 1. The molecule has 0 amide bonds. The second-order valence-electron chi connectivity index (χ2n) is 3.39. The first kappa shape index (κ1) is 9.69. The van der Waals surface area contributed by atoms with Crippen molar-refractivity contribution in [1.29, 1.82) is 0 Å². The van der Waals surface area contributed by atoms with E-state index in [0.29, 0.717) is 6.04 Å². The molecule has 1 aliphatic rings. The molecule has 2 rings (SSSR count). The fraction of sp³-hybridized carbons (Fsp3) is 0.400. The Morgan fingerprint density at radius 3 is 2.77 bits per heavy atom. The summed E-state index contributed by atoms with van der Waals surface area (Å²) in [6.07, 6.45) is 1.13. The zero-order valence-corrected chi connectivity index (χ0v) is 10.6. The summed E-state index contributed by atoms with van der Waals surface area (Å²) < 4.78 is 2.29. The van der Waals surface area contributed by atoms with Crippen molar-refractivity contribution in [3.63, 3.8) is 0 Å². The number of nitrogens with one attached hydrogen (secondary N) is 1. The molecule has 1 N–H and O–H groups in total. The molecule has 1 aromatic rings. The topological polar surface area (TPSA) is 12.0 Å². The van der Waals surface area contributed by atoms with Crippen LogP contribution in [0.15, 0.2) is 21.1 Å². The van der Waals surface area contributed by atoms with Gasteiger partial charge >= 0.3 is 0 Å². The molecule has 0 radical (unpaired) electrons. The van der Waals surface area contributed by atoms with E-state index in [1.807, 2.05) is 0 Å². The highest BCUT2D eigenvalue weighted by atomic mass is 79.9. The van der Waals surface area contributed by atoms with E-state index in [1.165, 1.54) is 11.1 Å². The number of rotatable bonds is 0. The Bertz CT molecular complexity index is 336. The Kier molecular flexibility index (Phi) is 2.77. The van der Waals surface area contributed by atoms with Gasteiger partial charge in [0.1, 0.15) is 0 Å². The van der Waals surface area contributed by atoms with Gasteiger partial charge in [-0.1, -0.05) is 0 Å². The molecule has 1 unspecified atom stereocenters. The lowest BCUT2D eigenvalue weighted by Gasteiger charge is -2.24. The van der Waals surface area contributed by atoms with Crippen molar-refractivity contribution in [2.45, 2.75) is 19.4 Å². The average molecular weight is 305 g/mol. The van der Waals surface area contributed by atoms with Crippen molar-refractivity contribution in [2.24, 2.45) is 0 Å². The first-order valence-corrected chi connectivity index (χ1v) is 5.98. The van der Waals surface area contributed by atoms with Gasteiger partial charge in [0.05, 0.1) is 0 Å². The summed E-state index contributed by atoms with van der Waals surface area (Å²) >= 11 is 7.05. The van der Waals surface area contributed by atoms with Gasteiger partial charge in [-0.2, -0.15) is 0 Å². The second-order valence-corrected chi connectivity index (χ2v) is 5.10. The van der Waals surface area contributed by atoms with E-state index in [9.17, 15) is 0 Å². The molecule has 3 heteroatoms. The maximum Gasteiger partial charge on any atom is 0.0320 e. The predicted octanol–water partition coefficient (Wildman–Crippen LogP) is 3.42. The number of halogens is 2. The normalized spacial score (nSPS) is 21.3. The van der Waals surface area contributed by atoms with E-state index in [1.54, 1.807) is 0 Å². The van der Waals surface area contributed by atoms with Crippen LogP contribution in [0.5, 0.6) is 0 Å². The first-order valence-electron chi connectivity index (χ1n) is 4.39. The fourth-order valence-electron chi connectivity index (χ4n) is 1.76. The lowest BCUT2D eigenvalue weighted by atomic mass is 9.96. The van der Waals surface area contributed by atoms with E-state index in [4.69, 9.17) is 0 Å². The summed E-state index contributed by atoms with van der Waals surface area (Å²) in [5.74, 6) is 0. The van der Waals surface area contributed by atoms with Gasteiger partial charge in [-0.15, -0.1) is 0 Å². The summed E-state index contributed by atoms with van der Waals surface area (Å²) in [5, 5.41) is 3.45. The van der Waals surface area contributed by atoms with Crippen LogP contribution in [0.4, 0.5) is 0 Å². The smallest absolute Gasteiger partial charge is 0.0320 e.